The summed E-state index contributed by atoms with van der Waals surface area (Å²) in [7, 11) is 0. The van der Waals surface area contributed by atoms with Gasteiger partial charge in [0.05, 0.1) is 0 Å². The highest BCUT2D eigenvalue weighted by molar-refractivity contribution is 7.21. The minimum atomic E-state index is 0.253. The molecule has 2 aromatic rings. The van der Waals surface area contributed by atoms with Gasteiger partial charge in [0, 0.05) is 10.3 Å². The van der Waals surface area contributed by atoms with Gasteiger partial charge in [0.25, 0.3) is 0 Å². The molecule has 13 heavy (non-hydrogen) atoms. The average molecular weight is 192 g/mol. The minimum Gasteiger partial charge on any atom is -0.499 e. The lowest BCUT2D eigenvalue weighted by Crippen LogP contribution is -1.81. The number of fused-ring (bicyclic) bond motifs is 1. The highest BCUT2D eigenvalue weighted by Gasteiger charge is 2.05. The van der Waals surface area contributed by atoms with Crippen LogP contribution in [-0.4, -0.2) is 11.4 Å². The maximum absolute atomic E-state index is 10.7. The Kier molecular flexibility index (Phi) is 1.81. The first kappa shape index (κ1) is 8.26. The number of rotatable bonds is 1. The first-order valence-corrected chi connectivity index (χ1v) is 4.70. The molecule has 0 spiro atoms. The van der Waals surface area contributed by atoms with E-state index in [0.29, 0.717) is 5.56 Å². The Morgan fingerprint density at radius 1 is 1.38 bits per heavy atom. The second-order valence-corrected chi connectivity index (χ2v) is 4.01. The van der Waals surface area contributed by atoms with E-state index in [2.05, 4.69) is 0 Å². The Bertz CT molecular complexity index is 471. The van der Waals surface area contributed by atoms with Gasteiger partial charge in [0.1, 0.15) is 0 Å². The molecule has 0 saturated heterocycles. The van der Waals surface area contributed by atoms with E-state index in [9.17, 15) is 9.90 Å². The number of hydrogen-bond donors (Lipinski definition) is 1. The molecule has 0 atom stereocenters. The summed E-state index contributed by atoms with van der Waals surface area (Å²) in [5.74, 6) is 0. The highest BCUT2D eigenvalue weighted by atomic mass is 32.1. The van der Waals surface area contributed by atoms with Gasteiger partial charge in [0.15, 0.2) is 11.3 Å². The van der Waals surface area contributed by atoms with Gasteiger partial charge < -0.3 is 5.11 Å². The Balaban J connectivity index is 2.88. The number of hydrogen-bond acceptors (Lipinski definition) is 3. The van der Waals surface area contributed by atoms with Crippen LogP contribution < -0.4 is 0 Å². The topological polar surface area (TPSA) is 37.3 Å². The monoisotopic (exact) mass is 192 g/mol. The van der Waals surface area contributed by atoms with Gasteiger partial charge in [-0.2, -0.15) is 0 Å². The van der Waals surface area contributed by atoms with E-state index in [1.54, 1.807) is 6.07 Å². The van der Waals surface area contributed by atoms with Crippen LogP contribution in [0.2, 0.25) is 0 Å². The van der Waals surface area contributed by atoms with E-state index in [4.69, 9.17) is 0 Å². The molecule has 1 aromatic heterocycles. The van der Waals surface area contributed by atoms with E-state index >= 15 is 0 Å². The van der Waals surface area contributed by atoms with Gasteiger partial charge in [-0.1, -0.05) is 17.4 Å². The summed E-state index contributed by atoms with van der Waals surface area (Å²) in [5.41, 5.74) is 1.69. The SMILES string of the molecule is Cc1cc(C=O)c2sc(O)cc2c1. The molecule has 0 amide bonds. The van der Waals surface area contributed by atoms with E-state index in [1.165, 1.54) is 11.3 Å². The summed E-state index contributed by atoms with van der Waals surface area (Å²) < 4.78 is 0.859. The summed E-state index contributed by atoms with van der Waals surface area (Å²) in [5, 5.41) is 10.5. The van der Waals surface area contributed by atoms with E-state index in [1.807, 2.05) is 19.1 Å². The number of aldehydes is 1. The fourth-order valence-corrected chi connectivity index (χ4v) is 2.27. The summed E-state index contributed by atoms with van der Waals surface area (Å²) in [6.45, 7) is 1.93. The first-order chi connectivity index (χ1) is 6.20. The van der Waals surface area contributed by atoms with Gasteiger partial charge >= 0.3 is 0 Å². The van der Waals surface area contributed by atoms with Crippen molar-refractivity contribution in [2.24, 2.45) is 0 Å². The largest absolute Gasteiger partial charge is 0.499 e. The van der Waals surface area contributed by atoms with Crippen molar-refractivity contribution < 1.29 is 9.90 Å². The molecule has 0 radical (unpaired) electrons. The second kappa shape index (κ2) is 2.85. The maximum atomic E-state index is 10.7. The van der Waals surface area contributed by atoms with Gasteiger partial charge in [-0.15, -0.1) is 0 Å². The van der Waals surface area contributed by atoms with E-state index < -0.39 is 0 Å². The smallest absolute Gasteiger partial charge is 0.172 e. The molecular formula is C10H8O2S. The standard InChI is InChI=1S/C10H8O2S/c1-6-2-7-4-9(12)13-10(7)8(3-6)5-11/h2-5,12H,1H3. The van der Waals surface area contributed by atoms with Crippen molar-refractivity contribution in [3.8, 4) is 5.06 Å². The molecule has 3 heteroatoms. The summed E-state index contributed by atoms with van der Waals surface area (Å²) >= 11 is 1.24. The van der Waals surface area contributed by atoms with E-state index in [0.717, 1.165) is 21.9 Å². The molecule has 0 saturated carbocycles. The average Bonchev–Trinajstić information content (AvgIpc) is 2.43. The summed E-state index contributed by atoms with van der Waals surface area (Å²) in [4.78, 5) is 10.7. The van der Waals surface area contributed by atoms with Gasteiger partial charge in [-0.3, -0.25) is 4.79 Å². The summed E-state index contributed by atoms with van der Waals surface area (Å²) in [6.07, 6.45) is 0.825. The van der Waals surface area contributed by atoms with Crippen LogP contribution in [0.3, 0.4) is 0 Å². The molecule has 2 nitrogen and oxygen atoms in total. The van der Waals surface area contributed by atoms with Gasteiger partial charge in [-0.05, 0) is 30.0 Å². The predicted octanol–water partition coefficient (Wildman–Crippen LogP) is 2.73. The van der Waals surface area contributed by atoms with Crippen LogP contribution in [0.15, 0.2) is 18.2 Å². The van der Waals surface area contributed by atoms with Crippen molar-refractivity contribution in [2.45, 2.75) is 6.92 Å². The molecule has 1 N–H and O–H groups in total. The van der Waals surface area contributed by atoms with Gasteiger partial charge in [0.2, 0.25) is 0 Å². The lowest BCUT2D eigenvalue weighted by Gasteiger charge is -1.95. The molecule has 0 fully saturated rings. The number of aromatic hydroxyl groups is 1. The normalized spacial score (nSPS) is 10.5. The van der Waals surface area contributed by atoms with Crippen LogP contribution in [0.4, 0.5) is 0 Å². The lowest BCUT2D eigenvalue weighted by atomic mass is 10.1. The molecule has 0 bridgehead atoms. The van der Waals surface area contributed by atoms with Crippen LogP contribution in [-0.2, 0) is 0 Å². The molecule has 1 heterocycles. The van der Waals surface area contributed by atoms with Crippen molar-refractivity contribution in [3.05, 3.63) is 29.3 Å². The number of thiophene rings is 1. The summed E-state index contributed by atoms with van der Waals surface area (Å²) in [6, 6.07) is 5.46. The zero-order valence-electron chi connectivity index (χ0n) is 7.07. The molecule has 0 aliphatic carbocycles. The Morgan fingerprint density at radius 2 is 2.15 bits per heavy atom. The van der Waals surface area contributed by atoms with Crippen molar-refractivity contribution in [2.75, 3.05) is 0 Å². The fraction of sp³-hybridized carbons (Fsp3) is 0.100. The van der Waals surface area contributed by atoms with Crippen molar-refractivity contribution in [3.63, 3.8) is 0 Å². The third-order valence-electron chi connectivity index (χ3n) is 1.90. The molecule has 66 valence electrons. The highest BCUT2D eigenvalue weighted by Crippen LogP contribution is 2.33. The van der Waals surface area contributed by atoms with Crippen molar-refractivity contribution in [1.82, 2.24) is 0 Å². The van der Waals surface area contributed by atoms with Crippen LogP contribution in [0.25, 0.3) is 10.1 Å². The Hall–Kier alpha value is -1.35. The zero-order valence-corrected chi connectivity index (χ0v) is 7.89. The predicted molar refractivity (Wildman–Crippen MR) is 53.6 cm³/mol. The third kappa shape index (κ3) is 1.31. The van der Waals surface area contributed by atoms with Crippen LogP contribution in [0.1, 0.15) is 15.9 Å². The lowest BCUT2D eigenvalue weighted by molar-refractivity contribution is 0.112. The fourth-order valence-electron chi connectivity index (χ4n) is 1.41. The van der Waals surface area contributed by atoms with Crippen molar-refractivity contribution in [1.29, 1.82) is 0 Å². The van der Waals surface area contributed by atoms with Crippen LogP contribution in [0.5, 0.6) is 5.06 Å². The van der Waals surface area contributed by atoms with Crippen LogP contribution >= 0.6 is 11.3 Å². The zero-order chi connectivity index (χ0) is 9.42. The van der Waals surface area contributed by atoms with Crippen LogP contribution in [0, 0.1) is 6.92 Å². The van der Waals surface area contributed by atoms with Crippen molar-refractivity contribution >= 4 is 27.7 Å². The second-order valence-electron chi connectivity index (χ2n) is 2.97. The molecule has 0 aliphatic heterocycles. The molecule has 1 aromatic carbocycles. The van der Waals surface area contributed by atoms with Gasteiger partial charge in [-0.25, -0.2) is 0 Å². The molecular weight excluding hydrogens is 184 g/mol. The number of benzene rings is 1. The number of carbonyl (C=O) groups is 1. The quantitative estimate of drug-likeness (QED) is 0.705. The maximum Gasteiger partial charge on any atom is 0.172 e. The minimum absolute atomic E-state index is 0.253. The van der Waals surface area contributed by atoms with E-state index in [-0.39, 0.29) is 5.06 Å². The number of aryl methyl sites for hydroxylation is 1. The Labute approximate surface area is 79.4 Å². The molecule has 0 aliphatic rings. The third-order valence-corrected chi connectivity index (χ3v) is 2.91. The first-order valence-electron chi connectivity index (χ1n) is 3.89. The number of carbonyl (C=O) groups excluding carboxylic acids is 1. The molecule has 0 unspecified atom stereocenters. The Morgan fingerprint density at radius 3 is 2.85 bits per heavy atom. The molecule has 2 rings (SSSR count).